The Hall–Kier alpha value is -1.58. The Kier molecular flexibility index (Phi) is 3.05. The van der Waals surface area contributed by atoms with E-state index in [0.29, 0.717) is 11.5 Å². The van der Waals surface area contributed by atoms with Gasteiger partial charge in [0.25, 0.3) is 0 Å². The van der Waals surface area contributed by atoms with E-state index >= 15 is 0 Å². The Morgan fingerprint density at radius 1 is 1.41 bits per heavy atom. The molecule has 1 fully saturated rings. The summed E-state index contributed by atoms with van der Waals surface area (Å²) in [7, 11) is 0. The molecule has 0 bridgehead atoms. The normalized spacial score (nSPS) is 23.9. The zero-order valence-electron chi connectivity index (χ0n) is 10.1. The van der Waals surface area contributed by atoms with Gasteiger partial charge >= 0.3 is 5.97 Å². The SMILES string of the molecule is CC(=O)c1cc(C(=O)O)n(C2CCCC2C)c1. The number of hydrogen-bond donors (Lipinski definition) is 1. The molecule has 2 rings (SSSR count). The Morgan fingerprint density at radius 3 is 2.59 bits per heavy atom. The van der Waals surface area contributed by atoms with Gasteiger partial charge < -0.3 is 9.67 Å². The highest BCUT2D eigenvalue weighted by atomic mass is 16.4. The van der Waals surface area contributed by atoms with E-state index in [-0.39, 0.29) is 17.5 Å². The maximum atomic E-state index is 11.3. The lowest BCUT2D eigenvalue weighted by atomic mass is 10.1. The van der Waals surface area contributed by atoms with Crippen molar-refractivity contribution in [1.29, 1.82) is 0 Å². The van der Waals surface area contributed by atoms with E-state index in [9.17, 15) is 14.7 Å². The standard InChI is InChI=1S/C13H17NO3/c1-8-4-3-5-11(8)14-7-10(9(2)15)6-12(14)13(16)17/h6-8,11H,3-5H2,1-2H3,(H,16,17). The van der Waals surface area contributed by atoms with Crippen LogP contribution in [0.5, 0.6) is 0 Å². The molecular formula is C13H17NO3. The second-order valence-electron chi connectivity index (χ2n) is 4.86. The van der Waals surface area contributed by atoms with Crippen molar-refractivity contribution in [2.75, 3.05) is 0 Å². The third kappa shape index (κ3) is 2.12. The van der Waals surface area contributed by atoms with E-state index in [4.69, 9.17) is 0 Å². The molecule has 17 heavy (non-hydrogen) atoms. The number of aromatic carboxylic acids is 1. The minimum Gasteiger partial charge on any atom is -0.477 e. The third-order valence-corrected chi connectivity index (χ3v) is 3.65. The van der Waals surface area contributed by atoms with Gasteiger partial charge in [-0.25, -0.2) is 4.79 Å². The minimum atomic E-state index is -0.961. The molecule has 0 aliphatic heterocycles. The van der Waals surface area contributed by atoms with Crippen molar-refractivity contribution in [3.8, 4) is 0 Å². The van der Waals surface area contributed by atoms with E-state index in [1.54, 1.807) is 10.8 Å². The van der Waals surface area contributed by atoms with Gasteiger partial charge in [0.05, 0.1) is 0 Å². The molecule has 0 aromatic carbocycles. The van der Waals surface area contributed by atoms with Crippen LogP contribution in [0.4, 0.5) is 0 Å². The van der Waals surface area contributed by atoms with Crippen molar-refractivity contribution >= 4 is 11.8 Å². The number of ketones is 1. The van der Waals surface area contributed by atoms with Crippen LogP contribution in [0.1, 0.15) is 60.0 Å². The maximum absolute atomic E-state index is 11.3. The number of rotatable bonds is 3. The molecule has 0 radical (unpaired) electrons. The summed E-state index contributed by atoms with van der Waals surface area (Å²) in [5.74, 6) is -0.575. The zero-order chi connectivity index (χ0) is 12.6. The molecule has 0 saturated heterocycles. The van der Waals surface area contributed by atoms with Gasteiger partial charge in [-0.3, -0.25) is 4.79 Å². The van der Waals surface area contributed by atoms with Crippen LogP contribution >= 0.6 is 0 Å². The van der Waals surface area contributed by atoms with Gasteiger partial charge in [-0.1, -0.05) is 13.3 Å². The smallest absolute Gasteiger partial charge is 0.352 e. The molecule has 2 unspecified atom stereocenters. The van der Waals surface area contributed by atoms with Crippen LogP contribution in [0.25, 0.3) is 0 Å². The van der Waals surface area contributed by atoms with E-state index in [0.717, 1.165) is 19.3 Å². The number of carboxylic acids is 1. The first-order valence-electron chi connectivity index (χ1n) is 5.97. The van der Waals surface area contributed by atoms with E-state index in [1.165, 1.54) is 13.0 Å². The van der Waals surface area contributed by atoms with Gasteiger partial charge in [0.2, 0.25) is 0 Å². The fraction of sp³-hybridized carbons (Fsp3) is 0.538. The number of Topliss-reactive ketones (excluding diaryl/α,β-unsaturated/α-hetero) is 1. The van der Waals surface area contributed by atoms with Gasteiger partial charge in [0, 0.05) is 17.8 Å². The zero-order valence-corrected chi connectivity index (χ0v) is 10.1. The molecule has 2 atom stereocenters. The predicted octanol–water partition coefficient (Wildman–Crippen LogP) is 2.75. The Morgan fingerprint density at radius 2 is 2.12 bits per heavy atom. The Labute approximate surface area is 100 Å². The second kappa shape index (κ2) is 4.35. The second-order valence-corrected chi connectivity index (χ2v) is 4.86. The Balaban J connectivity index is 2.44. The summed E-state index contributed by atoms with van der Waals surface area (Å²) in [6.07, 6.45) is 4.93. The highest BCUT2D eigenvalue weighted by molar-refractivity contribution is 5.97. The highest BCUT2D eigenvalue weighted by Crippen LogP contribution is 2.36. The first-order chi connectivity index (χ1) is 8.00. The first kappa shape index (κ1) is 11.9. The highest BCUT2D eigenvalue weighted by Gasteiger charge is 2.28. The lowest BCUT2D eigenvalue weighted by molar-refractivity contribution is 0.0681. The van der Waals surface area contributed by atoms with Crippen LogP contribution in [-0.4, -0.2) is 21.4 Å². The number of aromatic nitrogens is 1. The predicted molar refractivity (Wildman–Crippen MR) is 63.4 cm³/mol. The quantitative estimate of drug-likeness (QED) is 0.819. The fourth-order valence-corrected chi connectivity index (χ4v) is 2.66. The van der Waals surface area contributed by atoms with Crippen molar-refractivity contribution in [3.63, 3.8) is 0 Å². The van der Waals surface area contributed by atoms with Gasteiger partial charge in [-0.15, -0.1) is 0 Å². The van der Waals surface area contributed by atoms with Crippen molar-refractivity contribution in [3.05, 3.63) is 23.5 Å². The van der Waals surface area contributed by atoms with E-state index in [2.05, 4.69) is 6.92 Å². The summed E-state index contributed by atoms with van der Waals surface area (Å²) in [4.78, 5) is 22.5. The molecule has 0 amide bonds. The Bertz CT molecular complexity index is 461. The number of carboxylic acid groups (broad SMARTS) is 1. The maximum Gasteiger partial charge on any atom is 0.352 e. The number of carbonyl (C=O) groups excluding carboxylic acids is 1. The molecule has 0 spiro atoms. The third-order valence-electron chi connectivity index (χ3n) is 3.65. The molecule has 1 aromatic rings. The van der Waals surface area contributed by atoms with Crippen molar-refractivity contribution in [2.24, 2.45) is 5.92 Å². The lowest BCUT2D eigenvalue weighted by Crippen LogP contribution is -2.16. The van der Waals surface area contributed by atoms with Crippen LogP contribution < -0.4 is 0 Å². The summed E-state index contributed by atoms with van der Waals surface area (Å²) in [6, 6.07) is 1.70. The number of hydrogen-bond acceptors (Lipinski definition) is 2. The minimum absolute atomic E-state index is 0.0862. The molecule has 92 valence electrons. The van der Waals surface area contributed by atoms with Crippen LogP contribution in [-0.2, 0) is 0 Å². The average molecular weight is 235 g/mol. The molecule has 1 saturated carbocycles. The average Bonchev–Trinajstić information content (AvgIpc) is 2.82. The van der Waals surface area contributed by atoms with Gasteiger partial charge in [-0.05, 0) is 31.7 Å². The molecule has 1 heterocycles. The molecular weight excluding hydrogens is 218 g/mol. The van der Waals surface area contributed by atoms with Crippen LogP contribution in [0.15, 0.2) is 12.3 Å². The lowest BCUT2D eigenvalue weighted by Gasteiger charge is -2.19. The molecule has 1 N–H and O–H groups in total. The monoisotopic (exact) mass is 235 g/mol. The van der Waals surface area contributed by atoms with Crippen molar-refractivity contribution in [2.45, 2.75) is 39.2 Å². The van der Waals surface area contributed by atoms with E-state index in [1.807, 2.05) is 0 Å². The van der Waals surface area contributed by atoms with Gasteiger partial charge in [-0.2, -0.15) is 0 Å². The van der Waals surface area contributed by atoms with Gasteiger partial charge in [0.15, 0.2) is 5.78 Å². The molecule has 4 heteroatoms. The van der Waals surface area contributed by atoms with Crippen molar-refractivity contribution in [1.82, 2.24) is 4.57 Å². The number of nitrogens with zero attached hydrogens (tertiary/aromatic N) is 1. The van der Waals surface area contributed by atoms with Crippen LogP contribution in [0.2, 0.25) is 0 Å². The molecule has 1 aliphatic carbocycles. The molecule has 1 aromatic heterocycles. The van der Waals surface area contributed by atoms with Crippen LogP contribution in [0.3, 0.4) is 0 Å². The summed E-state index contributed by atoms with van der Waals surface area (Å²) in [5.41, 5.74) is 0.718. The van der Waals surface area contributed by atoms with Crippen LogP contribution in [0, 0.1) is 5.92 Å². The first-order valence-corrected chi connectivity index (χ1v) is 5.97. The molecule has 1 aliphatic rings. The molecule has 4 nitrogen and oxygen atoms in total. The summed E-state index contributed by atoms with van der Waals surface area (Å²) in [5, 5.41) is 9.18. The van der Waals surface area contributed by atoms with Gasteiger partial charge in [0.1, 0.15) is 5.69 Å². The largest absolute Gasteiger partial charge is 0.477 e. The fourth-order valence-electron chi connectivity index (χ4n) is 2.66. The number of carbonyl (C=O) groups is 2. The van der Waals surface area contributed by atoms with E-state index < -0.39 is 5.97 Å². The summed E-state index contributed by atoms with van der Waals surface area (Å²) < 4.78 is 1.77. The summed E-state index contributed by atoms with van der Waals surface area (Å²) in [6.45, 7) is 3.60. The topological polar surface area (TPSA) is 59.3 Å². The van der Waals surface area contributed by atoms with Crippen molar-refractivity contribution < 1.29 is 14.7 Å². The summed E-state index contributed by atoms with van der Waals surface area (Å²) >= 11 is 0.